The standard InChI is InChI=1S/C25H34BrN3O4S/c1-6-19(4)27-25(31)23(7-2)28(16-20-11-8-10-18(3)14-20)24(30)17-29(34(5,32)33)22-13-9-12-21(26)15-22/h8-15,19,23H,6-7,16-17H2,1-5H3,(H,27,31)/t19-,23+/m1/s1. The van der Waals surface area contributed by atoms with Crippen LogP contribution >= 0.6 is 15.9 Å². The first kappa shape index (κ1) is 27.9. The van der Waals surface area contributed by atoms with Crippen LogP contribution in [0.25, 0.3) is 0 Å². The summed E-state index contributed by atoms with van der Waals surface area (Å²) in [7, 11) is -3.75. The fourth-order valence-electron chi connectivity index (χ4n) is 3.61. The van der Waals surface area contributed by atoms with Gasteiger partial charge in [-0.3, -0.25) is 13.9 Å². The van der Waals surface area contributed by atoms with Crippen LogP contribution < -0.4 is 9.62 Å². The summed E-state index contributed by atoms with van der Waals surface area (Å²) in [6.07, 6.45) is 2.23. The molecule has 0 saturated carbocycles. The molecule has 0 heterocycles. The van der Waals surface area contributed by atoms with Gasteiger partial charge in [0.2, 0.25) is 21.8 Å². The molecule has 34 heavy (non-hydrogen) atoms. The lowest BCUT2D eigenvalue weighted by Crippen LogP contribution is -2.53. The van der Waals surface area contributed by atoms with Crippen LogP contribution in [0.1, 0.15) is 44.7 Å². The first-order chi connectivity index (χ1) is 16.0. The fraction of sp³-hybridized carbons (Fsp3) is 0.440. The second-order valence-corrected chi connectivity index (χ2v) is 11.3. The van der Waals surface area contributed by atoms with Crippen LogP contribution in [0.4, 0.5) is 5.69 Å². The molecule has 2 amide bonds. The Morgan fingerprint density at radius 3 is 2.29 bits per heavy atom. The van der Waals surface area contributed by atoms with Gasteiger partial charge in [-0.15, -0.1) is 0 Å². The average molecular weight is 553 g/mol. The van der Waals surface area contributed by atoms with Gasteiger partial charge in [-0.2, -0.15) is 0 Å². The van der Waals surface area contributed by atoms with E-state index in [1.807, 2.05) is 52.0 Å². The number of carbonyl (C=O) groups excluding carboxylic acids is 2. The van der Waals surface area contributed by atoms with Gasteiger partial charge in [0.05, 0.1) is 11.9 Å². The number of rotatable bonds is 11. The Morgan fingerprint density at radius 1 is 1.06 bits per heavy atom. The van der Waals surface area contributed by atoms with Gasteiger partial charge < -0.3 is 10.2 Å². The van der Waals surface area contributed by atoms with E-state index in [0.29, 0.717) is 16.6 Å². The number of benzene rings is 2. The molecule has 0 aromatic heterocycles. The third-order valence-electron chi connectivity index (χ3n) is 5.60. The SMILES string of the molecule is CC[C@@H](C)NC(=O)[C@H](CC)N(Cc1cccc(C)c1)C(=O)CN(c1cccc(Br)c1)S(C)(=O)=O. The highest BCUT2D eigenvalue weighted by Crippen LogP contribution is 2.23. The third kappa shape index (κ3) is 7.84. The zero-order valence-electron chi connectivity index (χ0n) is 20.4. The summed E-state index contributed by atoms with van der Waals surface area (Å²) >= 11 is 3.36. The molecule has 0 unspecified atom stereocenters. The van der Waals surface area contributed by atoms with Crippen LogP contribution in [0, 0.1) is 6.92 Å². The normalized spacial score (nSPS) is 13.1. The second-order valence-electron chi connectivity index (χ2n) is 8.50. The van der Waals surface area contributed by atoms with Gasteiger partial charge >= 0.3 is 0 Å². The number of halogens is 1. The molecule has 186 valence electrons. The molecule has 0 bridgehead atoms. The van der Waals surface area contributed by atoms with Crippen molar-refractivity contribution in [3.63, 3.8) is 0 Å². The summed E-state index contributed by atoms with van der Waals surface area (Å²) in [5.41, 5.74) is 2.28. The summed E-state index contributed by atoms with van der Waals surface area (Å²) in [5, 5.41) is 2.96. The monoisotopic (exact) mass is 551 g/mol. The second kappa shape index (κ2) is 12.4. The molecular formula is C25H34BrN3O4S. The van der Waals surface area contributed by atoms with Crippen LogP contribution in [0.3, 0.4) is 0 Å². The summed E-state index contributed by atoms with van der Waals surface area (Å²) in [6, 6.07) is 13.7. The van der Waals surface area contributed by atoms with E-state index in [1.165, 1.54) is 4.90 Å². The molecule has 2 atom stereocenters. The number of anilines is 1. The highest BCUT2D eigenvalue weighted by atomic mass is 79.9. The van der Waals surface area contributed by atoms with Crippen molar-refractivity contribution in [1.82, 2.24) is 10.2 Å². The zero-order chi connectivity index (χ0) is 25.5. The first-order valence-corrected chi connectivity index (χ1v) is 14.0. The van der Waals surface area contributed by atoms with E-state index in [-0.39, 0.29) is 18.5 Å². The molecule has 1 N–H and O–H groups in total. The lowest BCUT2D eigenvalue weighted by Gasteiger charge is -2.33. The summed E-state index contributed by atoms with van der Waals surface area (Å²) in [4.78, 5) is 28.2. The van der Waals surface area contributed by atoms with E-state index in [0.717, 1.165) is 28.1 Å². The summed E-state index contributed by atoms with van der Waals surface area (Å²) in [6.45, 7) is 7.48. The van der Waals surface area contributed by atoms with Gasteiger partial charge in [0.15, 0.2) is 0 Å². The number of sulfonamides is 1. The maximum absolute atomic E-state index is 13.6. The first-order valence-electron chi connectivity index (χ1n) is 11.3. The topological polar surface area (TPSA) is 86.8 Å². The number of hydrogen-bond acceptors (Lipinski definition) is 4. The molecule has 0 aliphatic heterocycles. The van der Waals surface area contributed by atoms with Crippen molar-refractivity contribution in [1.29, 1.82) is 0 Å². The largest absolute Gasteiger partial charge is 0.352 e. The van der Waals surface area contributed by atoms with Crippen molar-refractivity contribution < 1.29 is 18.0 Å². The molecule has 0 fully saturated rings. The molecule has 0 saturated heterocycles. The van der Waals surface area contributed by atoms with Crippen molar-refractivity contribution in [3.05, 3.63) is 64.1 Å². The van der Waals surface area contributed by atoms with Crippen LogP contribution in [-0.2, 0) is 26.2 Å². The molecule has 2 aromatic carbocycles. The minimum atomic E-state index is -3.75. The number of nitrogens with one attached hydrogen (secondary N) is 1. The maximum Gasteiger partial charge on any atom is 0.244 e. The molecule has 0 aliphatic carbocycles. The molecule has 0 spiro atoms. The molecule has 2 rings (SSSR count). The zero-order valence-corrected chi connectivity index (χ0v) is 22.8. The van der Waals surface area contributed by atoms with Crippen LogP contribution in [0.5, 0.6) is 0 Å². The molecule has 9 heteroatoms. The van der Waals surface area contributed by atoms with E-state index >= 15 is 0 Å². The number of nitrogens with zero attached hydrogens (tertiary/aromatic N) is 2. The van der Waals surface area contributed by atoms with Gasteiger partial charge in [0, 0.05) is 17.1 Å². The van der Waals surface area contributed by atoms with E-state index < -0.39 is 28.5 Å². The van der Waals surface area contributed by atoms with Gasteiger partial charge in [0.25, 0.3) is 0 Å². The van der Waals surface area contributed by atoms with E-state index in [2.05, 4.69) is 21.2 Å². The predicted molar refractivity (Wildman–Crippen MR) is 140 cm³/mol. The lowest BCUT2D eigenvalue weighted by molar-refractivity contribution is -0.140. The summed E-state index contributed by atoms with van der Waals surface area (Å²) in [5.74, 6) is -0.690. The predicted octanol–water partition coefficient (Wildman–Crippen LogP) is 4.25. The number of carbonyl (C=O) groups is 2. The minimum absolute atomic E-state index is 0.0355. The number of amides is 2. The lowest BCUT2D eigenvalue weighted by atomic mass is 10.1. The quantitative estimate of drug-likeness (QED) is 0.452. The fourth-order valence-corrected chi connectivity index (χ4v) is 4.84. The van der Waals surface area contributed by atoms with E-state index in [4.69, 9.17) is 0 Å². The van der Waals surface area contributed by atoms with Gasteiger partial charge in [-0.1, -0.05) is 65.7 Å². The van der Waals surface area contributed by atoms with Crippen LogP contribution in [0.15, 0.2) is 53.0 Å². The van der Waals surface area contributed by atoms with E-state index in [9.17, 15) is 18.0 Å². The Labute approximate surface area is 211 Å². The Bertz CT molecular complexity index is 1110. The van der Waals surface area contributed by atoms with Crippen molar-refractivity contribution in [3.8, 4) is 0 Å². The average Bonchev–Trinajstić information content (AvgIpc) is 2.76. The third-order valence-corrected chi connectivity index (χ3v) is 7.23. The van der Waals surface area contributed by atoms with E-state index in [1.54, 1.807) is 24.3 Å². The van der Waals surface area contributed by atoms with Gasteiger partial charge in [-0.05, 0) is 50.5 Å². The highest BCUT2D eigenvalue weighted by molar-refractivity contribution is 9.10. The maximum atomic E-state index is 13.6. The van der Waals surface area contributed by atoms with Crippen molar-refractivity contribution >= 4 is 43.5 Å². The summed E-state index contributed by atoms with van der Waals surface area (Å²) < 4.78 is 27.0. The molecule has 7 nitrogen and oxygen atoms in total. The Hall–Kier alpha value is -2.39. The molecule has 0 aliphatic rings. The van der Waals surface area contributed by atoms with Crippen LogP contribution in [-0.4, -0.2) is 50.0 Å². The number of aryl methyl sites for hydroxylation is 1. The Morgan fingerprint density at radius 2 is 1.74 bits per heavy atom. The van der Waals surface area contributed by atoms with Gasteiger partial charge in [-0.25, -0.2) is 8.42 Å². The smallest absolute Gasteiger partial charge is 0.244 e. The number of hydrogen-bond donors (Lipinski definition) is 1. The minimum Gasteiger partial charge on any atom is -0.352 e. The van der Waals surface area contributed by atoms with Gasteiger partial charge in [0.1, 0.15) is 12.6 Å². The highest BCUT2D eigenvalue weighted by Gasteiger charge is 2.32. The Kier molecular flexibility index (Phi) is 10.1. The van der Waals surface area contributed by atoms with Crippen molar-refractivity contribution in [2.24, 2.45) is 0 Å². The Balaban J connectivity index is 2.44. The molecular weight excluding hydrogens is 518 g/mol. The molecule has 0 radical (unpaired) electrons. The van der Waals surface area contributed by atoms with Crippen LogP contribution in [0.2, 0.25) is 0 Å². The van der Waals surface area contributed by atoms with Crippen molar-refractivity contribution in [2.45, 2.75) is 59.2 Å². The van der Waals surface area contributed by atoms with Crippen molar-refractivity contribution in [2.75, 3.05) is 17.1 Å². The molecule has 2 aromatic rings.